The molecule has 0 spiro atoms. The zero-order valence-electron chi connectivity index (χ0n) is 12.8. The summed E-state index contributed by atoms with van der Waals surface area (Å²) < 4.78 is 5.41. The van der Waals surface area contributed by atoms with Gasteiger partial charge in [-0.25, -0.2) is 0 Å². The van der Waals surface area contributed by atoms with E-state index in [0.717, 1.165) is 37.2 Å². The zero-order valence-corrected chi connectivity index (χ0v) is 12.8. The van der Waals surface area contributed by atoms with Gasteiger partial charge in [0.1, 0.15) is 12.0 Å². The standard InChI is InChI=1S/C16H24N2O2/c1-12-8-18(9-13(2)17(12)3)10-15-7-14(11-19)5-6-16(15)20-4/h5-7,11-13H,8-10H2,1-4H3. The van der Waals surface area contributed by atoms with Crippen LogP contribution in [0.1, 0.15) is 29.8 Å². The minimum atomic E-state index is 0.541. The van der Waals surface area contributed by atoms with Gasteiger partial charge in [-0.15, -0.1) is 0 Å². The van der Waals surface area contributed by atoms with E-state index in [1.807, 2.05) is 12.1 Å². The van der Waals surface area contributed by atoms with Gasteiger partial charge in [-0.1, -0.05) is 0 Å². The van der Waals surface area contributed by atoms with Crippen LogP contribution in [0.3, 0.4) is 0 Å². The van der Waals surface area contributed by atoms with Crippen LogP contribution in [0.25, 0.3) is 0 Å². The maximum absolute atomic E-state index is 10.9. The molecule has 0 bridgehead atoms. The van der Waals surface area contributed by atoms with Gasteiger partial charge in [-0.3, -0.25) is 14.6 Å². The molecule has 4 nitrogen and oxygen atoms in total. The summed E-state index contributed by atoms with van der Waals surface area (Å²) in [7, 11) is 3.86. The van der Waals surface area contributed by atoms with Gasteiger partial charge in [0.05, 0.1) is 7.11 Å². The summed E-state index contributed by atoms with van der Waals surface area (Å²) >= 11 is 0. The van der Waals surface area contributed by atoms with Crippen molar-refractivity contribution in [3.05, 3.63) is 29.3 Å². The van der Waals surface area contributed by atoms with Crippen molar-refractivity contribution < 1.29 is 9.53 Å². The molecule has 2 atom stereocenters. The average molecular weight is 276 g/mol. The largest absolute Gasteiger partial charge is 0.496 e. The lowest BCUT2D eigenvalue weighted by atomic mass is 10.1. The third kappa shape index (κ3) is 3.19. The lowest BCUT2D eigenvalue weighted by Crippen LogP contribution is -2.54. The fraction of sp³-hybridized carbons (Fsp3) is 0.562. The summed E-state index contributed by atoms with van der Waals surface area (Å²) in [5, 5.41) is 0. The van der Waals surface area contributed by atoms with Crippen LogP contribution in [0.2, 0.25) is 0 Å². The predicted molar refractivity (Wildman–Crippen MR) is 80.3 cm³/mol. The topological polar surface area (TPSA) is 32.8 Å². The highest BCUT2D eigenvalue weighted by molar-refractivity contribution is 5.75. The molecule has 1 heterocycles. The molecule has 0 aliphatic carbocycles. The van der Waals surface area contributed by atoms with Crippen LogP contribution in [0.4, 0.5) is 0 Å². The number of hydrogen-bond acceptors (Lipinski definition) is 4. The molecule has 1 aliphatic heterocycles. The molecule has 1 saturated heterocycles. The van der Waals surface area contributed by atoms with Gasteiger partial charge >= 0.3 is 0 Å². The number of piperazine rings is 1. The molecule has 0 amide bonds. The maximum Gasteiger partial charge on any atom is 0.150 e. The Kier molecular flexibility index (Phi) is 4.78. The van der Waals surface area contributed by atoms with Gasteiger partial charge in [-0.2, -0.15) is 0 Å². The van der Waals surface area contributed by atoms with Gasteiger partial charge < -0.3 is 4.74 Å². The van der Waals surface area contributed by atoms with Crippen molar-refractivity contribution in [1.82, 2.24) is 9.80 Å². The van der Waals surface area contributed by atoms with Gasteiger partial charge in [0, 0.05) is 42.8 Å². The average Bonchev–Trinajstić information content (AvgIpc) is 2.44. The van der Waals surface area contributed by atoms with E-state index in [0.29, 0.717) is 17.6 Å². The first-order valence-electron chi connectivity index (χ1n) is 7.11. The second kappa shape index (κ2) is 6.37. The fourth-order valence-corrected chi connectivity index (χ4v) is 2.88. The highest BCUT2D eigenvalue weighted by Gasteiger charge is 2.26. The molecule has 20 heavy (non-hydrogen) atoms. The molecule has 1 fully saturated rings. The minimum Gasteiger partial charge on any atom is -0.496 e. The minimum absolute atomic E-state index is 0.541. The zero-order chi connectivity index (χ0) is 14.7. The van der Waals surface area contributed by atoms with Crippen molar-refractivity contribution in [2.75, 3.05) is 27.2 Å². The number of ether oxygens (including phenoxy) is 1. The van der Waals surface area contributed by atoms with E-state index in [2.05, 4.69) is 30.7 Å². The monoisotopic (exact) mass is 276 g/mol. The molecule has 110 valence electrons. The van der Waals surface area contributed by atoms with E-state index in [1.54, 1.807) is 13.2 Å². The smallest absolute Gasteiger partial charge is 0.150 e. The molecular weight excluding hydrogens is 252 g/mol. The van der Waals surface area contributed by atoms with Crippen molar-refractivity contribution in [1.29, 1.82) is 0 Å². The Bertz CT molecular complexity index is 464. The lowest BCUT2D eigenvalue weighted by Gasteiger charge is -2.42. The number of nitrogens with zero attached hydrogens (tertiary/aromatic N) is 2. The number of methoxy groups -OCH3 is 1. The highest BCUT2D eigenvalue weighted by atomic mass is 16.5. The lowest BCUT2D eigenvalue weighted by molar-refractivity contribution is 0.0552. The van der Waals surface area contributed by atoms with Gasteiger partial charge in [-0.05, 0) is 39.1 Å². The molecule has 2 rings (SSSR count). The van der Waals surface area contributed by atoms with E-state index in [4.69, 9.17) is 4.74 Å². The molecule has 4 heteroatoms. The Morgan fingerprint density at radius 2 is 1.95 bits per heavy atom. The van der Waals surface area contributed by atoms with E-state index >= 15 is 0 Å². The van der Waals surface area contributed by atoms with Gasteiger partial charge in [0.2, 0.25) is 0 Å². The summed E-state index contributed by atoms with van der Waals surface area (Å²) in [5.74, 6) is 0.856. The first-order chi connectivity index (χ1) is 9.55. The molecular formula is C16H24N2O2. The maximum atomic E-state index is 10.9. The molecule has 0 aromatic heterocycles. The van der Waals surface area contributed by atoms with Crippen LogP contribution in [0, 0.1) is 0 Å². The molecule has 0 saturated carbocycles. The normalized spacial score (nSPS) is 24.6. The number of aldehydes is 1. The van der Waals surface area contributed by atoms with Crippen molar-refractivity contribution in [3.8, 4) is 5.75 Å². The van der Waals surface area contributed by atoms with Crippen LogP contribution >= 0.6 is 0 Å². The molecule has 1 aliphatic rings. The van der Waals surface area contributed by atoms with Crippen LogP contribution in [-0.4, -0.2) is 55.4 Å². The van der Waals surface area contributed by atoms with Crippen LogP contribution < -0.4 is 4.74 Å². The predicted octanol–water partition coefficient (Wildman–Crippen LogP) is 2.03. The van der Waals surface area contributed by atoms with Gasteiger partial charge in [0.25, 0.3) is 0 Å². The molecule has 1 aromatic carbocycles. The van der Waals surface area contributed by atoms with E-state index in [9.17, 15) is 4.79 Å². The number of benzene rings is 1. The third-order valence-corrected chi connectivity index (χ3v) is 4.27. The van der Waals surface area contributed by atoms with Crippen molar-refractivity contribution in [2.24, 2.45) is 0 Å². The quantitative estimate of drug-likeness (QED) is 0.788. The van der Waals surface area contributed by atoms with Crippen LogP contribution in [0.15, 0.2) is 18.2 Å². The van der Waals surface area contributed by atoms with Crippen LogP contribution in [-0.2, 0) is 6.54 Å². The number of carbonyl (C=O) groups is 1. The SMILES string of the molecule is COc1ccc(C=O)cc1CN1CC(C)N(C)C(C)C1. The molecule has 0 N–H and O–H groups in total. The first kappa shape index (κ1) is 15.0. The first-order valence-corrected chi connectivity index (χ1v) is 7.11. The van der Waals surface area contributed by atoms with Gasteiger partial charge in [0.15, 0.2) is 0 Å². The summed E-state index contributed by atoms with van der Waals surface area (Å²) in [6, 6.07) is 6.68. The summed E-state index contributed by atoms with van der Waals surface area (Å²) in [5.41, 5.74) is 1.79. The number of likely N-dealkylation sites (N-methyl/N-ethyl adjacent to an activating group) is 1. The second-order valence-electron chi connectivity index (χ2n) is 5.75. The Hall–Kier alpha value is -1.39. The Labute approximate surface area is 121 Å². The van der Waals surface area contributed by atoms with Crippen molar-refractivity contribution >= 4 is 6.29 Å². The third-order valence-electron chi connectivity index (χ3n) is 4.27. The second-order valence-corrected chi connectivity index (χ2v) is 5.75. The van der Waals surface area contributed by atoms with Crippen LogP contribution in [0.5, 0.6) is 5.75 Å². The Morgan fingerprint density at radius 1 is 1.30 bits per heavy atom. The Morgan fingerprint density at radius 3 is 2.50 bits per heavy atom. The summed E-state index contributed by atoms with van der Waals surface area (Å²) in [4.78, 5) is 15.8. The number of rotatable bonds is 4. The molecule has 2 unspecified atom stereocenters. The van der Waals surface area contributed by atoms with E-state index in [1.165, 1.54) is 0 Å². The van der Waals surface area contributed by atoms with Crippen molar-refractivity contribution in [2.45, 2.75) is 32.5 Å². The van der Waals surface area contributed by atoms with E-state index in [-0.39, 0.29) is 0 Å². The molecule has 0 radical (unpaired) electrons. The van der Waals surface area contributed by atoms with E-state index < -0.39 is 0 Å². The number of hydrogen-bond donors (Lipinski definition) is 0. The fourth-order valence-electron chi connectivity index (χ4n) is 2.88. The number of carbonyl (C=O) groups excluding carboxylic acids is 1. The highest BCUT2D eigenvalue weighted by Crippen LogP contribution is 2.23. The molecule has 1 aromatic rings. The summed E-state index contributed by atoms with van der Waals surface area (Å²) in [6.45, 7) is 7.40. The summed E-state index contributed by atoms with van der Waals surface area (Å²) in [6.07, 6.45) is 0.887. The van der Waals surface area contributed by atoms with Crippen molar-refractivity contribution in [3.63, 3.8) is 0 Å². The Balaban J connectivity index is 2.15.